The Bertz CT molecular complexity index is 3220. The molecular weight excluding hydrogens is 1060 g/mol. The first kappa shape index (κ1) is 61.0. The quantitative estimate of drug-likeness (QED) is 0.0207. The third-order valence-corrected chi connectivity index (χ3v) is 12.6. The van der Waals surface area contributed by atoms with Crippen molar-refractivity contribution in [1.29, 1.82) is 0 Å². The van der Waals surface area contributed by atoms with Crippen molar-refractivity contribution in [1.82, 2.24) is 21.3 Å². The van der Waals surface area contributed by atoms with Gasteiger partial charge in [-0.3, -0.25) is 4.79 Å². The van der Waals surface area contributed by atoms with Crippen LogP contribution in [0.1, 0.15) is 66.1 Å². The summed E-state index contributed by atoms with van der Waals surface area (Å²) in [5.41, 5.74) is 4.85. The van der Waals surface area contributed by atoms with Crippen LogP contribution in [0.15, 0.2) is 188 Å². The maximum atomic E-state index is 14.6. The van der Waals surface area contributed by atoms with Crippen molar-refractivity contribution in [2.24, 2.45) is 0 Å². The lowest BCUT2D eigenvalue weighted by atomic mass is 9.95. The molecule has 18 heteroatoms. The Morgan fingerprint density at radius 2 is 0.855 bits per heavy atom. The molecule has 432 valence electrons. The molecule has 0 aliphatic heterocycles. The molecule has 7 aromatic rings. The van der Waals surface area contributed by atoms with E-state index in [1.807, 2.05) is 78.9 Å². The minimum absolute atomic E-state index is 0.0321. The Hall–Kier alpha value is -9.68. The summed E-state index contributed by atoms with van der Waals surface area (Å²) in [6, 6.07) is 51.7. The summed E-state index contributed by atoms with van der Waals surface area (Å²) >= 11 is 0. The predicted octanol–water partition coefficient (Wildman–Crippen LogP) is 9.78. The molecule has 0 saturated carbocycles. The third kappa shape index (κ3) is 20.7. The number of esters is 1. The fraction of sp³-hybridized carbons (Fsp3) is 0.262. The van der Waals surface area contributed by atoms with E-state index in [1.165, 1.54) is 0 Å². The first-order chi connectivity index (χ1) is 40.0. The van der Waals surface area contributed by atoms with Crippen molar-refractivity contribution in [3.63, 3.8) is 0 Å². The average Bonchev–Trinajstić information content (AvgIpc) is 3.62. The zero-order valence-corrected chi connectivity index (χ0v) is 46.4. The lowest BCUT2D eigenvalue weighted by molar-refractivity contribution is -0.149. The highest BCUT2D eigenvalue weighted by molar-refractivity contribution is 5.90. The number of aliphatic carboxylic acids is 1. The van der Waals surface area contributed by atoms with Crippen molar-refractivity contribution in [2.45, 2.75) is 103 Å². The van der Waals surface area contributed by atoms with Gasteiger partial charge in [0.15, 0.2) is 0 Å². The molecule has 0 saturated heterocycles. The predicted molar refractivity (Wildman–Crippen MR) is 309 cm³/mol. The fourth-order valence-electron chi connectivity index (χ4n) is 8.44. The molecule has 0 aliphatic carbocycles. The van der Waals surface area contributed by atoms with Gasteiger partial charge in [-0.15, -0.1) is 0 Å². The number of carboxylic acid groups (broad SMARTS) is 1. The van der Waals surface area contributed by atoms with Crippen molar-refractivity contribution in [2.75, 3.05) is 6.54 Å². The molecule has 4 atom stereocenters. The van der Waals surface area contributed by atoms with Gasteiger partial charge in [0.25, 0.3) is 0 Å². The number of alkyl carbamates (subject to hydrolysis) is 3. The lowest BCUT2D eigenvalue weighted by Crippen LogP contribution is -2.54. The Labute approximate surface area is 482 Å². The van der Waals surface area contributed by atoms with Crippen LogP contribution < -0.4 is 30.7 Å². The van der Waals surface area contributed by atoms with Crippen molar-refractivity contribution >= 4 is 36.1 Å². The monoisotopic (exact) mass is 1130 g/mol. The summed E-state index contributed by atoms with van der Waals surface area (Å²) in [6.45, 7) is 4.53. The number of rotatable bonds is 27. The first-order valence-electron chi connectivity index (χ1n) is 27.0. The summed E-state index contributed by atoms with van der Waals surface area (Å²) in [5.74, 6) is -2.37. The molecule has 0 heterocycles. The average molecular weight is 1130 g/mol. The van der Waals surface area contributed by atoms with Gasteiger partial charge in [-0.25, -0.2) is 24.0 Å². The number of carbonyl (C=O) groups excluding carboxylic acids is 5. The number of hydrogen-bond acceptors (Lipinski definition) is 13. The van der Waals surface area contributed by atoms with Crippen molar-refractivity contribution in [3.8, 4) is 22.6 Å². The van der Waals surface area contributed by atoms with Crippen LogP contribution in [0.4, 0.5) is 14.4 Å². The van der Waals surface area contributed by atoms with Crippen LogP contribution in [0.5, 0.6) is 11.5 Å². The number of aliphatic hydroxyl groups excluding tert-OH is 1. The molecule has 83 heavy (non-hydrogen) atoms. The number of ether oxygens (including phenoxy) is 6. The normalized spacial score (nSPS) is 12.4. The number of carboxylic acids is 1. The number of nitrogens with one attached hydrogen (secondary N) is 4. The van der Waals surface area contributed by atoms with Crippen LogP contribution in [0.3, 0.4) is 0 Å². The molecule has 2 unspecified atom stereocenters. The molecule has 18 nitrogen and oxygen atoms in total. The summed E-state index contributed by atoms with van der Waals surface area (Å²) in [4.78, 5) is 81.0. The second-order valence-electron chi connectivity index (χ2n) is 20.4. The maximum absolute atomic E-state index is 14.6. The van der Waals surface area contributed by atoms with E-state index < -0.39 is 72.4 Å². The van der Waals surface area contributed by atoms with E-state index in [-0.39, 0.29) is 52.4 Å². The standard InChI is InChI=1S/C65H68N4O14/c1-65(2,3)83-64(77)68-54(37-53(70)38-66-62(75)81-42-47-25-15-7-16-26-47)59(71)67-56(61(74)80-41-46-23-13-6-14-24-46)36-52-34-50(30-32-58(52)79-40-45-21-11-5-12-22-45)49-29-31-57(78-39-44-19-9-4-10-20-44)51(33-49)35-55(60(72)73)69-63(76)82-43-48-27-17-8-18-28-48/h4-34,53-56,70H,35-43H2,1-3H3,(H,66,75)(H,67,71)(H,68,77)(H,69,76)(H,72,73)/t53?,54?,55-,56-/m0/s1. The third-order valence-electron chi connectivity index (χ3n) is 12.6. The molecule has 0 radical (unpaired) electrons. The molecule has 7 aromatic carbocycles. The van der Waals surface area contributed by atoms with Gasteiger partial charge in [-0.05, 0) is 95.1 Å². The molecule has 0 aliphatic rings. The summed E-state index contributed by atoms with van der Waals surface area (Å²) in [6.07, 6.45) is -5.07. The van der Waals surface area contributed by atoms with E-state index in [4.69, 9.17) is 28.4 Å². The van der Waals surface area contributed by atoms with E-state index >= 15 is 0 Å². The van der Waals surface area contributed by atoms with Crippen LogP contribution in [0, 0.1) is 0 Å². The van der Waals surface area contributed by atoms with Crippen LogP contribution in [0.25, 0.3) is 11.1 Å². The van der Waals surface area contributed by atoms with Crippen LogP contribution in [-0.2, 0) is 79.2 Å². The van der Waals surface area contributed by atoms with Gasteiger partial charge >= 0.3 is 30.2 Å². The van der Waals surface area contributed by atoms with Crippen molar-refractivity contribution in [3.05, 3.63) is 227 Å². The Morgan fingerprint density at radius 3 is 1.29 bits per heavy atom. The smallest absolute Gasteiger partial charge is 0.408 e. The molecule has 4 amide bonds. The van der Waals surface area contributed by atoms with Gasteiger partial charge < -0.3 is 59.9 Å². The largest absolute Gasteiger partial charge is 0.489 e. The maximum Gasteiger partial charge on any atom is 0.408 e. The van der Waals surface area contributed by atoms with Crippen LogP contribution >= 0.6 is 0 Å². The molecule has 0 fully saturated rings. The number of amides is 4. The number of benzene rings is 7. The Balaban J connectivity index is 1.20. The topological polar surface area (TPSA) is 246 Å². The first-order valence-corrected chi connectivity index (χ1v) is 27.0. The summed E-state index contributed by atoms with van der Waals surface area (Å²) < 4.78 is 34.8. The zero-order valence-electron chi connectivity index (χ0n) is 46.4. The molecule has 0 spiro atoms. The molecular formula is C65H68N4O14. The summed E-state index contributed by atoms with van der Waals surface area (Å²) in [7, 11) is 0. The van der Waals surface area contributed by atoms with E-state index in [0.29, 0.717) is 44.9 Å². The Morgan fingerprint density at radius 1 is 0.458 bits per heavy atom. The fourth-order valence-corrected chi connectivity index (χ4v) is 8.44. The van der Waals surface area contributed by atoms with Crippen LogP contribution in [0.2, 0.25) is 0 Å². The number of carbonyl (C=O) groups is 6. The zero-order chi connectivity index (χ0) is 59.0. The number of aliphatic hydroxyl groups is 1. The molecule has 0 bridgehead atoms. The highest BCUT2D eigenvalue weighted by Crippen LogP contribution is 2.33. The van der Waals surface area contributed by atoms with Crippen molar-refractivity contribution < 1.29 is 67.4 Å². The van der Waals surface area contributed by atoms with E-state index in [0.717, 1.165) is 16.7 Å². The van der Waals surface area contributed by atoms with E-state index in [2.05, 4.69) is 21.3 Å². The lowest BCUT2D eigenvalue weighted by Gasteiger charge is -2.26. The van der Waals surface area contributed by atoms with Crippen LogP contribution in [-0.4, -0.2) is 82.7 Å². The molecule has 6 N–H and O–H groups in total. The van der Waals surface area contributed by atoms with E-state index in [9.17, 15) is 39.0 Å². The van der Waals surface area contributed by atoms with E-state index in [1.54, 1.807) is 130 Å². The van der Waals surface area contributed by atoms with Gasteiger partial charge in [0.05, 0.1) is 6.10 Å². The molecule has 7 rings (SSSR count). The Kier molecular flexibility index (Phi) is 22.6. The number of hydrogen-bond donors (Lipinski definition) is 6. The second-order valence-corrected chi connectivity index (χ2v) is 20.4. The second kappa shape index (κ2) is 30.8. The van der Waals surface area contributed by atoms with Gasteiger partial charge in [0, 0.05) is 25.8 Å². The minimum atomic E-state index is -1.53. The van der Waals surface area contributed by atoms with Gasteiger partial charge in [-0.1, -0.05) is 164 Å². The highest BCUT2D eigenvalue weighted by atomic mass is 16.6. The SMILES string of the molecule is CC(C)(C)OC(=O)NC(CC(O)CNC(=O)OCc1ccccc1)C(=O)N[C@@H](Cc1cc(-c2ccc(OCc3ccccc3)c(C[C@H](NC(=O)OCc3ccccc3)C(=O)O)c2)ccc1OCc1ccccc1)C(=O)OCc1ccccc1. The van der Waals surface area contributed by atoms with Gasteiger partial charge in [0.2, 0.25) is 5.91 Å². The molecule has 0 aromatic heterocycles. The summed E-state index contributed by atoms with van der Waals surface area (Å²) in [5, 5.41) is 32.0. The van der Waals surface area contributed by atoms with Gasteiger partial charge in [-0.2, -0.15) is 0 Å². The minimum Gasteiger partial charge on any atom is -0.489 e. The highest BCUT2D eigenvalue weighted by Gasteiger charge is 2.32. The van der Waals surface area contributed by atoms with Gasteiger partial charge in [0.1, 0.15) is 68.3 Å².